The summed E-state index contributed by atoms with van der Waals surface area (Å²) < 4.78 is 0. The predicted molar refractivity (Wildman–Crippen MR) is 167 cm³/mol. The van der Waals surface area contributed by atoms with Crippen molar-refractivity contribution in [1.82, 2.24) is 36.4 Å². The molecule has 11 nitrogen and oxygen atoms in total. The molecule has 0 rings (SSSR count). The summed E-state index contributed by atoms with van der Waals surface area (Å²) in [7, 11) is 7.81. The number of rotatable bonds is 25. The van der Waals surface area contributed by atoms with E-state index in [4.69, 9.17) is 0 Å². The zero-order chi connectivity index (χ0) is 31.3. The molecule has 3 amide bonds. The predicted octanol–water partition coefficient (Wildman–Crippen LogP) is 0.846. The molecule has 0 heterocycles. The molecule has 0 fully saturated rings. The van der Waals surface area contributed by atoms with Crippen molar-refractivity contribution < 1.29 is 19.2 Å². The number of carbonyl (C=O) groups excluding carboxylic acids is 4. The van der Waals surface area contributed by atoms with Gasteiger partial charge >= 0.3 is 0 Å². The number of Topliss-reactive ketones (excluding diaryl/α,β-unsaturated/α-hetero) is 1. The molecule has 0 aromatic heterocycles. The second kappa shape index (κ2) is 22.5. The molecule has 0 spiro atoms. The van der Waals surface area contributed by atoms with Crippen molar-refractivity contribution >= 4 is 23.5 Å². The number of hydrogen-bond acceptors (Lipinski definition) is 8. The molecule has 5 N–H and O–H groups in total. The Morgan fingerprint density at radius 2 is 1.17 bits per heavy atom. The highest BCUT2D eigenvalue weighted by Gasteiger charge is 2.36. The van der Waals surface area contributed by atoms with E-state index >= 15 is 0 Å². The monoisotopic (exact) mass is 583 g/mol. The minimum absolute atomic E-state index is 0.0215. The highest BCUT2D eigenvalue weighted by Crippen LogP contribution is 2.31. The number of unbranched alkanes of at least 4 members (excludes halogenated alkanes) is 1. The standard InChI is InChI=1S/C30H61N7O4/c1-9-11-12-34-29(41)25(22-27(39)33-15-19-36(7)17-13-31-5)23-30(3,4)26(38)21-24(10-2)28(40)35-16-20-37(8)18-14-32-6/h24-25,31-32H,9-23H2,1-8H3,(H,33,39)(H,34,41)(H,35,40). The number of ketones is 1. The van der Waals surface area contributed by atoms with Gasteiger partial charge in [0.05, 0.1) is 0 Å². The van der Waals surface area contributed by atoms with Gasteiger partial charge in [-0.3, -0.25) is 19.2 Å². The first-order chi connectivity index (χ1) is 19.4. The summed E-state index contributed by atoms with van der Waals surface area (Å²) >= 11 is 0. The quantitative estimate of drug-likeness (QED) is 0.0999. The summed E-state index contributed by atoms with van der Waals surface area (Å²) in [4.78, 5) is 56.4. The van der Waals surface area contributed by atoms with Crippen LogP contribution in [-0.2, 0) is 19.2 Å². The van der Waals surface area contributed by atoms with Gasteiger partial charge < -0.3 is 36.4 Å². The molecule has 0 aromatic carbocycles. The number of nitrogens with one attached hydrogen (secondary N) is 5. The van der Waals surface area contributed by atoms with Crippen LogP contribution < -0.4 is 26.6 Å². The van der Waals surface area contributed by atoms with Crippen LogP contribution >= 0.6 is 0 Å². The number of carbonyl (C=O) groups is 4. The van der Waals surface area contributed by atoms with Gasteiger partial charge in [-0.1, -0.05) is 34.1 Å². The molecule has 0 saturated heterocycles. The van der Waals surface area contributed by atoms with Gasteiger partial charge in [0.15, 0.2) is 0 Å². The van der Waals surface area contributed by atoms with Crippen molar-refractivity contribution in [2.24, 2.45) is 17.3 Å². The van der Waals surface area contributed by atoms with E-state index in [1.54, 1.807) is 0 Å². The van der Waals surface area contributed by atoms with Crippen molar-refractivity contribution in [1.29, 1.82) is 0 Å². The Hall–Kier alpha value is -2.08. The molecule has 240 valence electrons. The lowest BCUT2D eigenvalue weighted by Gasteiger charge is -2.29. The topological polar surface area (TPSA) is 135 Å². The average Bonchev–Trinajstić information content (AvgIpc) is 2.92. The van der Waals surface area contributed by atoms with Crippen LogP contribution in [0.3, 0.4) is 0 Å². The Morgan fingerprint density at radius 1 is 0.683 bits per heavy atom. The zero-order valence-electron chi connectivity index (χ0n) is 27.3. The molecule has 0 aliphatic rings. The zero-order valence-corrected chi connectivity index (χ0v) is 27.3. The molecule has 11 heteroatoms. The summed E-state index contributed by atoms with van der Waals surface area (Å²) in [5.41, 5.74) is -0.860. The van der Waals surface area contributed by atoms with Gasteiger partial charge in [0.2, 0.25) is 17.7 Å². The highest BCUT2D eigenvalue weighted by molar-refractivity contribution is 5.91. The first-order valence-electron chi connectivity index (χ1n) is 15.4. The third-order valence-corrected chi connectivity index (χ3v) is 7.53. The van der Waals surface area contributed by atoms with Crippen LogP contribution in [0.4, 0.5) is 0 Å². The summed E-state index contributed by atoms with van der Waals surface area (Å²) in [5.74, 6) is -1.64. The van der Waals surface area contributed by atoms with Crippen molar-refractivity contribution in [2.45, 2.75) is 66.2 Å². The smallest absolute Gasteiger partial charge is 0.223 e. The van der Waals surface area contributed by atoms with Crippen molar-refractivity contribution in [3.8, 4) is 0 Å². The molecule has 41 heavy (non-hydrogen) atoms. The first-order valence-corrected chi connectivity index (χ1v) is 15.4. The number of amides is 3. The van der Waals surface area contributed by atoms with Gasteiger partial charge in [-0.2, -0.15) is 0 Å². The van der Waals surface area contributed by atoms with Gasteiger partial charge in [0.1, 0.15) is 5.78 Å². The number of hydrogen-bond donors (Lipinski definition) is 5. The van der Waals surface area contributed by atoms with Crippen LogP contribution in [0.5, 0.6) is 0 Å². The maximum Gasteiger partial charge on any atom is 0.223 e. The molecule has 0 aliphatic carbocycles. The molecule has 2 unspecified atom stereocenters. The van der Waals surface area contributed by atoms with Gasteiger partial charge in [-0.15, -0.1) is 0 Å². The highest BCUT2D eigenvalue weighted by atomic mass is 16.2. The Labute approximate surface area is 249 Å². The average molecular weight is 584 g/mol. The van der Waals surface area contributed by atoms with E-state index in [1.165, 1.54) is 0 Å². The molecule has 0 radical (unpaired) electrons. The minimum Gasteiger partial charge on any atom is -0.356 e. The lowest BCUT2D eigenvalue weighted by molar-refractivity contribution is -0.136. The van der Waals surface area contributed by atoms with Gasteiger partial charge in [-0.25, -0.2) is 0 Å². The van der Waals surface area contributed by atoms with Crippen molar-refractivity contribution in [2.75, 3.05) is 87.1 Å². The van der Waals surface area contributed by atoms with E-state index < -0.39 is 17.3 Å². The van der Waals surface area contributed by atoms with Gasteiger partial charge in [-0.05, 0) is 47.5 Å². The van der Waals surface area contributed by atoms with Crippen LogP contribution in [0.1, 0.15) is 66.2 Å². The molecule has 0 aliphatic heterocycles. The maximum atomic E-state index is 13.4. The Balaban J connectivity index is 5.16. The summed E-state index contributed by atoms with van der Waals surface area (Å²) in [6.45, 7) is 14.1. The van der Waals surface area contributed by atoms with E-state index in [1.807, 2.05) is 49.0 Å². The van der Waals surface area contributed by atoms with Crippen LogP contribution in [0.2, 0.25) is 0 Å². The fourth-order valence-electron chi connectivity index (χ4n) is 4.47. The van der Waals surface area contributed by atoms with E-state index in [0.717, 1.165) is 45.6 Å². The van der Waals surface area contributed by atoms with Gasteiger partial charge in [0, 0.05) is 89.0 Å². The number of likely N-dealkylation sites (N-methyl/N-ethyl adjacent to an activating group) is 4. The van der Waals surface area contributed by atoms with Crippen LogP contribution in [-0.4, -0.2) is 120 Å². The first kappa shape index (κ1) is 38.9. The molecule has 2 atom stereocenters. The van der Waals surface area contributed by atoms with E-state index in [9.17, 15) is 19.2 Å². The lowest BCUT2D eigenvalue weighted by Crippen LogP contribution is -2.42. The van der Waals surface area contributed by atoms with Crippen LogP contribution in [0.15, 0.2) is 0 Å². The normalized spacial score (nSPS) is 13.2. The van der Waals surface area contributed by atoms with Crippen molar-refractivity contribution in [3.05, 3.63) is 0 Å². The summed E-state index contributed by atoms with van der Waals surface area (Å²) in [5, 5.41) is 15.1. The SMILES string of the molecule is CCCCNC(=O)C(CC(=O)NCCN(C)CCNC)CC(C)(C)C(=O)CC(CC)C(=O)NCCN(C)CCNC. The van der Waals surface area contributed by atoms with Gasteiger partial charge in [0.25, 0.3) is 0 Å². The summed E-state index contributed by atoms with van der Waals surface area (Å²) in [6.07, 6.45) is 2.73. The van der Waals surface area contributed by atoms with E-state index in [-0.39, 0.29) is 42.8 Å². The lowest BCUT2D eigenvalue weighted by atomic mass is 9.75. The fourth-order valence-corrected chi connectivity index (χ4v) is 4.47. The van der Waals surface area contributed by atoms with Crippen LogP contribution in [0, 0.1) is 17.3 Å². The Morgan fingerprint density at radius 3 is 1.68 bits per heavy atom. The second-order valence-electron chi connectivity index (χ2n) is 11.8. The summed E-state index contributed by atoms with van der Waals surface area (Å²) in [6, 6.07) is 0. The fraction of sp³-hybridized carbons (Fsp3) is 0.867. The van der Waals surface area contributed by atoms with E-state index in [0.29, 0.717) is 32.6 Å². The maximum absolute atomic E-state index is 13.4. The molecular weight excluding hydrogens is 522 g/mol. The Bertz CT molecular complexity index is 763. The molecule has 0 saturated carbocycles. The third kappa shape index (κ3) is 18.1. The third-order valence-electron chi connectivity index (χ3n) is 7.53. The molecule has 0 aromatic rings. The molecular formula is C30H61N7O4. The Kier molecular flexibility index (Phi) is 21.4. The van der Waals surface area contributed by atoms with Crippen molar-refractivity contribution in [3.63, 3.8) is 0 Å². The number of nitrogens with zero attached hydrogens (tertiary/aromatic N) is 2. The largest absolute Gasteiger partial charge is 0.356 e. The molecule has 0 bridgehead atoms. The minimum atomic E-state index is -0.860. The van der Waals surface area contributed by atoms with Crippen LogP contribution in [0.25, 0.3) is 0 Å². The van der Waals surface area contributed by atoms with E-state index in [2.05, 4.69) is 43.3 Å². The second-order valence-corrected chi connectivity index (χ2v) is 11.8.